The number of hydrogen-bond acceptors (Lipinski definition) is 3. The van der Waals surface area contributed by atoms with Gasteiger partial charge < -0.3 is 4.74 Å². The fourth-order valence-corrected chi connectivity index (χ4v) is 0.553. The molecule has 3 nitrogen and oxygen atoms in total. The van der Waals surface area contributed by atoms with Gasteiger partial charge in [-0.3, -0.25) is 9.59 Å². The minimum atomic E-state index is -0.424. The zero-order valence-corrected chi connectivity index (χ0v) is 7.22. The molecule has 1 atom stereocenters. The van der Waals surface area contributed by atoms with Crippen LogP contribution in [0.3, 0.4) is 0 Å². The van der Waals surface area contributed by atoms with E-state index < -0.39 is 5.97 Å². The van der Waals surface area contributed by atoms with Gasteiger partial charge in [0.1, 0.15) is 12.2 Å². The Balaban J connectivity index is 3.60. The molecule has 0 fully saturated rings. The van der Waals surface area contributed by atoms with Gasteiger partial charge in [-0.2, -0.15) is 0 Å². The highest BCUT2D eigenvalue weighted by Crippen LogP contribution is 1.98. The molecule has 0 aromatic carbocycles. The van der Waals surface area contributed by atoms with E-state index in [9.17, 15) is 9.59 Å². The van der Waals surface area contributed by atoms with Crippen molar-refractivity contribution in [3.63, 3.8) is 0 Å². The molecule has 0 aliphatic heterocycles. The molecule has 0 spiro atoms. The molecule has 0 N–H and O–H groups in total. The van der Waals surface area contributed by atoms with Gasteiger partial charge in [-0.25, -0.2) is 0 Å². The van der Waals surface area contributed by atoms with Crippen molar-refractivity contribution in [2.75, 3.05) is 0 Å². The van der Waals surface area contributed by atoms with Gasteiger partial charge in [-0.1, -0.05) is 6.92 Å². The fraction of sp³-hybridized carbons (Fsp3) is 0.750. The van der Waals surface area contributed by atoms with Gasteiger partial charge in [0.2, 0.25) is 0 Å². The Morgan fingerprint density at radius 1 is 1.45 bits per heavy atom. The molecular formula is C8H14O3. The number of hydrogen-bond donors (Lipinski definition) is 0. The van der Waals surface area contributed by atoms with Crippen LogP contribution in [0.1, 0.15) is 33.6 Å². The van der Waals surface area contributed by atoms with Crippen LogP contribution in [0.15, 0.2) is 0 Å². The standard InChI is InChI=1S/C8H14O3/c1-4-7(3)11-8(10)5-6(2)9/h7H,4-5H2,1-3H3/t7-/m0/s1. The van der Waals surface area contributed by atoms with Crippen LogP contribution in [0.4, 0.5) is 0 Å². The highest BCUT2D eigenvalue weighted by atomic mass is 16.5. The predicted molar refractivity (Wildman–Crippen MR) is 41.1 cm³/mol. The third-order valence-corrected chi connectivity index (χ3v) is 1.30. The molecule has 0 rings (SSSR count). The predicted octanol–water partition coefficient (Wildman–Crippen LogP) is 1.31. The topological polar surface area (TPSA) is 43.4 Å². The lowest BCUT2D eigenvalue weighted by Crippen LogP contribution is -2.15. The summed E-state index contributed by atoms with van der Waals surface area (Å²) in [6, 6.07) is 0. The van der Waals surface area contributed by atoms with Crippen LogP contribution in [0, 0.1) is 0 Å². The van der Waals surface area contributed by atoms with E-state index in [2.05, 4.69) is 0 Å². The summed E-state index contributed by atoms with van der Waals surface area (Å²) in [5.41, 5.74) is 0. The van der Waals surface area contributed by atoms with Crippen molar-refractivity contribution in [1.82, 2.24) is 0 Å². The average Bonchev–Trinajstić information content (AvgIpc) is 1.85. The van der Waals surface area contributed by atoms with Gasteiger partial charge in [0.15, 0.2) is 0 Å². The van der Waals surface area contributed by atoms with Crippen LogP contribution in [-0.2, 0) is 14.3 Å². The summed E-state index contributed by atoms with van der Waals surface area (Å²) in [5.74, 6) is -0.579. The largest absolute Gasteiger partial charge is 0.462 e. The van der Waals surface area contributed by atoms with E-state index in [1.807, 2.05) is 6.92 Å². The summed E-state index contributed by atoms with van der Waals surface area (Å²) in [6.07, 6.45) is 0.593. The highest BCUT2D eigenvalue weighted by molar-refractivity contribution is 5.94. The Morgan fingerprint density at radius 2 is 2.00 bits per heavy atom. The third kappa shape index (κ3) is 5.58. The van der Waals surface area contributed by atoms with Crippen LogP contribution in [0.5, 0.6) is 0 Å². The lowest BCUT2D eigenvalue weighted by molar-refractivity contribution is -0.149. The zero-order valence-electron chi connectivity index (χ0n) is 7.22. The lowest BCUT2D eigenvalue weighted by Gasteiger charge is -2.08. The van der Waals surface area contributed by atoms with Crippen LogP contribution in [-0.4, -0.2) is 17.9 Å². The van der Waals surface area contributed by atoms with Gasteiger partial charge in [-0.05, 0) is 20.3 Å². The van der Waals surface area contributed by atoms with E-state index in [1.54, 1.807) is 6.92 Å². The second-order valence-corrected chi connectivity index (χ2v) is 2.59. The van der Waals surface area contributed by atoms with Crippen LogP contribution >= 0.6 is 0 Å². The second kappa shape index (κ2) is 4.88. The van der Waals surface area contributed by atoms with Gasteiger partial charge >= 0.3 is 5.97 Å². The molecule has 0 unspecified atom stereocenters. The van der Waals surface area contributed by atoms with E-state index in [0.717, 1.165) is 6.42 Å². The van der Waals surface area contributed by atoms with Crippen molar-refractivity contribution < 1.29 is 14.3 Å². The summed E-state index contributed by atoms with van der Waals surface area (Å²) in [6.45, 7) is 5.10. The minimum Gasteiger partial charge on any atom is -0.462 e. The first-order chi connectivity index (χ1) is 5.06. The molecule has 0 saturated carbocycles. The minimum absolute atomic E-state index is 0.0816. The molecule has 0 aromatic heterocycles. The first-order valence-electron chi connectivity index (χ1n) is 3.75. The number of carbonyl (C=O) groups excluding carboxylic acids is 2. The van der Waals surface area contributed by atoms with Crippen molar-refractivity contribution in [3.05, 3.63) is 0 Å². The average molecular weight is 158 g/mol. The Labute approximate surface area is 66.7 Å². The van der Waals surface area contributed by atoms with Crippen molar-refractivity contribution in [3.8, 4) is 0 Å². The van der Waals surface area contributed by atoms with Gasteiger partial charge in [0.25, 0.3) is 0 Å². The molecule has 0 heterocycles. The zero-order chi connectivity index (χ0) is 8.85. The molecule has 0 amide bonds. The van der Waals surface area contributed by atoms with Crippen molar-refractivity contribution >= 4 is 11.8 Å². The molecule has 0 saturated heterocycles. The molecule has 0 bridgehead atoms. The Bertz CT molecular complexity index is 151. The van der Waals surface area contributed by atoms with Gasteiger partial charge in [0.05, 0.1) is 6.10 Å². The molecular weight excluding hydrogens is 144 g/mol. The van der Waals surface area contributed by atoms with E-state index >= 15 is 0 Å². The first-order valence-corrected chi connectivity index (χ1v) is 3.75. The number of esters is 1. The number of Topliss-reactive ketones (excluding diaryl/α,β-unsaturated/α-hetero) is 1. The van der Waals surface area contributed by atoms with Crippen molar-refractivity contribution in [2.45, 2.75) is 39.7 Å². The Morgan fingerprint density at radius 3 is 2.36 bits per heavy atom. The maximum Gasteiger partial charge on any atom is 0.313 e. The molecule has 0 aromatic rings. The van der Waals surface area contributed by atoms with E-state index in [4.69, 9.17) is 4.74 Å². The first kappa shape index (κ1) is 10.1. The fourth-order valence-electron chi connectivity index (χ4n) is 0.553. The summed E-state index contributed by atoms with van der Waals surface area (Å²) < 4.78 is 4.85. The van der Waals surface area contributed by atoms with Gasteiger partial charge in [-0.15, -0.1) is 0 Å². The summed E-state index contributed by atoms with van der Waals surface area (Å²) >= 11 is 0. The highest BCUT2D eigenvalue weighted by Gasteiger charge is 2.09. The molecule has 0 aliphatic rings. The summed E-state index contributed by atoms with van der Waals surface area (Å²) in [4.78, 5) is 21.2. The second-order valence-electron chi connectivity index (χ2n) is 2.59. The van der Waals surface area contributed by atoms with Crippen LogP contribution in [0.2, 0.25) is 0 Å². The molecule has 64 valence electrons. The monoisotopic (exact) mass is 158 g/mol. The maximum absolute atomic E-state index is 10.8. The van der Waals surface area contributed by atoms with Crippen LogP contribution in [0.25, 0.3) is 0 Å². The van der Waals surface area contributed by atoms with E-state index in [-0.39, 0.29) is 18.3 Å². The van der Waals surface area contributed by atoms with E-state index in [0.29, 0.717) is 0 Å². The van der Waals surface area contributed by atoms with Crippen molar-refractivity contribution in [2.24, 2.45) is 0 Å². The number of rotatable bonds is 4. The molecule has 3 heteroatoms. The number of ketones is 1. The smallest absolute Gasteiger partial charge is 0.313 e. The Kier molecular flexibility index (Phi) is 4.50. The quantitative estimate of drug-likeness (QED) is 0.457. The molecule has 11 heavy (non-hydrogen) atoms. The third-order valence-electron chi connectivity index (χ3n) is 1.30. The molecule has 0 radical (unpaired) electrons. The summed E-state index contributed by atoms with van der Waals surface area (Å²) in [7, 11) is 0. The Hall–Kier alpha value is -0.860. The van der Waals surface area contributed by atoms with E-state index in [1.165, 1.54) is 6.92 Å². The van der Waals surface area contributed by atoms with Crippen LogP contribution < -0.4 is 0 Å². The van der Waals surface area contributed by atoms with Gasteiger partial charge in [0, 0.05) is 0 Å². The number of ether oxygens (including phenoxy) is 1. The number of carbonyl (C=O) groups is 2. The molecule has 0 aliphatic carbocycles. The normalized spacial score (nSPS) is 12.3. The van der Waals surface area contributed by atoms with Crippen molar-refractivity contribution in [1.29, 1.82) is 0 Å². The SMILES string of the molecule is CC[C@H](C)OC(=O)CC(C)=O. The summed E-state index contributed by atoms with van der Waals surface area (Å²) in [5, 5.41) is 0. The maximum atomic E-state index is 10.8. The lowest BCUT2D eigenvalue weighted by atomic mass is 10.3.